The molecular weight excluding hydrogens is 452 g/mol. The topological polar surface area (TPSA) is 77.0 Å². The van der Waals surface area contributed by atoms with E-state index in [1.807, 2.05) is 72.8 Å². The van der Waals surface area contributed by atoms with Crippen LogP contribution in [0.5, 0.6) is 5.75 Å². The molecule has 0 radical (unpaired) electrons. The van der Waals surface area contributed by atoms with Crippen LogP contribution in [0.1, 0.15) is 29.2 Å². The van der Waals surface area contributed by atoms with Crippen molar-refractivity contribution in [1.29, 1.82) is 0 Å². The summed E-state index contributed by atoms with van der Waals surface area (Å²) in [4.78, 5) is 30.0. The summed E-state index contributed by atoms with van der Waals surface area (Å²) >= 11 is 6.12. The second-order valence-electron chi connectivity index (χ2n) is 8.01. The van der Waals surface area contributed by atoms with Crippen molar-refractivity contribution in [3.8, 4) is 5.75 Å². The number of hydrogen-bond acceptors (Lipinski definition) is 4. The molecule has 0 saturated carbocycles. The second kappa shape index (κ2) is 11.0. The molecule has 1 aliphatic rings. The number of nitrogens with one attached hydrogen (secondary N) is 1. The van der Waals surface area contributed by atoms with Crippen molar-refractivity contribution in [1.82, 2.24) is 5.32 Å². The van der Waals surface area contributed by atoms with Crippen molar-refractivity contribution in [3.63, 3.8) is 0 Å². The van der Waals surface area contributed by atoms with Crippen LogP contribution < -0.4 is 10.1 Å². The Balaban J connectivity index is 1.58. The number of aliphatic imine (C=N–C) groups is 1. The van der Waals surface area contributed by atoms with Crippen molar-refractivity contribution < 1.29 is 19.1 Å². The zero-order chi connectivity index (χ0) is 23.9. The highest BCUT2D eigenvalue weighted by Gasteiger charge is 2.39. The second-order valence-corrected chi connectivity index (χ2v) is 8.44. The van der Waals surface area contributed by atoms with Crippen molar-refractivity contribution in [2.45, 2.75) is 25.5 Å². The van der Waals surface area contributed by atoms with E-state index in [4.69, 9.17) is 21.1 Å². The molecule has 174 valence electrons. The van der Waals surface area contributed by atoms with E-state index in [0.29, 0.717) is 29.3 Å². The van der Waals surface area contributed by atoms with Crippen molar-refractivity contribution in [2.24, 2.45) is 10.9 Å². The Morgan fingerprint density at radius 2 is 1.74 bits per heavy atom. The van der Waals surface area contributed by atoms with E-state index in [2.05, 4.69) is 10.3 Å². The first-order valence-electron chi connectivity index (χ1n) is 11.0. The van der Waals surface area contributed by atoms with Gasteiger partial charge in [0.25, 0.3) is 0 Å². The number of hydrogen-bond donors (Lipinski definition) is 1. The number of urea groups is 1. The molecule has 0 aliphatic carbocycles. The molecule has 6 nitrogen and oxygen atoms in total. The minimum absolute atomic E-state index is 0.0869. The van der Waals surface area contributed by atoms with Crippen LogP contribution in [0.4, 0.5) is 4.79 Å². The lowest BCUT2D eigenvalue weighted by molar-refractivity contribution is -0.148. The third-order valence-corrected chi connectivity index (χ3v) is 5.94. The summed E-state index contributed by atoms with van der Waals surface area (Å²) in [5.41, 5.74) is 3.12. The number of esters is 1. The average molecular weight is 477 g/mol. The average Bonchev–Trinajstić information content (AvgIpc) is 2.86. The van der Waals surface area contributed by atoms with Gasteiger partial charge < -0.3 is 14.8 Å². The minimum Gasteiger partial charge on any atom is -0.497 e. The summed E-state index contributed by atoms with van der Waals surface area (Å²) in [6.45, 7) is 0.0869. The zero-order valence-corrected chi connectivity index (χ0v) is 19.5. The largest absolute Gasteiger partial charge is 0.497 e. The van der Waals surface area contributed by atoms with E-state index in [0.717, 1.165) is 16.7 Å². The number of benzene rings is 3. The summed E-state index contributed by atoms with van der Waals surface area (Å²) in [5.74, 6) is -0.504. The Labute approximate surface area is 203 Å². The Morgan fingerprint density at radius 1 is 0.971 bits per heavy atom. The molecule has 0 bridgehead atoms. The van der Waals surface area contributed by atoms with Gasteiger partial charge in [0.1, 0.15) is 18.3 Å². The van der Waals surface area contributed by atoms with Gasteiger partial charge in [0.15, 0.2) is 0 Å². The van der Waals surface area contributed by atoms with E-state index in [-0.39, 0.29) is 6.61 Å². The lowest BCUT2D eigenvalue weighted by Crippen LogP contribution is -2.45. The van der Waals surface area contributed by atoms with E-state index in [1.165, 1.54) is 0 Å². The lowest BCUT2D eigenvalue weighted by Gasteiger charge is -2.31. The minimum atomic E-state index is -0.745. The van der Waals surface area contributed by atoms with Gasteiger partial charge in [-0.2, -0.15) is 0 Å². The first-order chi connectivity index (χ1) is 16.5. The number of carbonyl (C=O) groups excluding carboxylic acids is 2. The number of aryl methyl sites for hydroxylation is 1. The van der Waals surface area contributed by atoms with Crippen LogP contribution in [0, 0.1) is 5.92 Å². The Kier molecular flexibility index (Phi) is 7.60. The van der Waals surface area contributed by atoms with E-state index in [9.17, 15) is 9.59 Å². The maximum atomic E-state index is 13.4. The number of methoxy groups -OCH3 is 1. The molecule has 1 heterocycles. The highest BCUT2D eigenvalue weighted by Crippen LogP contribution is 2.30. The van der Waals surface area contributed by atoms with Crippen LogP contribution in [0.2, 0.25) is 5.02 Å². The van der Waals surface area contributed by atoms with Gasteiger partial charge in [-0.25, -0.2) is 9.79 Å². The standard InChI is InChI=1S/C27H25ClN2O4/c1-33-22-12-6-8-19(16-22)17-34-26(31)24-23(14-13-18-7-5-11-21(28)15-18)29-27(32)30-25(24)20-9-3-2-4-10-20/h2-12,15-16,24-25H,13-14,17H2,1H3,(H,30,32). The SMILES string of the molecule is COc1cccc(COC(=O)C2C(CCc3cccc(Cl)c3)=NC(=O)NC2c2ccccc2)c1. The molecule has 0 aromatic heterocycles. The van der Waals surface area contributed by atoms with Gasteiger partial charge >= 0.3 is 12.0 Å². The molecule has 2 atom stereocenters. The summed E-state index contributed by atoms with van der Waals surface area (Å²) in [6.07, 6.45) is 1.02. The molecule has 1 N–H and O–H groups in total. The Bertz CT molecular complexity index is 1200. The highest BCUT2D eigenvalue weighted by atomic mass is 35.5. The number of ether oxygens (including phenoxy) is 2. The van der Waals surface area contributed by atoms with Gasteiger partial charge in [0.05, 0.1) is 13.2 Å². The van der Waals surface area contributed by atoms with Crippen LogP contribution in [-0.4, -0.2) is 24.8 Å². The van der Waals surface area contributed by atoms with Crippen molar-refractivity contribution >= 4 is 29.3 Å². The maximum Gasteiger partial charge on any atom is 0.341 e. The molecular formula is C27H25ClN2O4. The van der Waals surface area contributed by atoms with Crippen LogP contribution >= 0.6 is 11.6 Å². The summed E-state index contributed by atoms with van der Waals surface area (Å²) < 4.78 is 11.0. The van der Waals surface area contributed by atoms with Gasteiger partial charge in [-0.15, -0.1) is 0 Å². The number of amides is 2. The Morgan fingerprint density at radius 3 is 2.50 bits per heavy atom. The summed E-state index contributed by atoms with van der Waals surface area (Å²) in [5, 5.41) is 3.49. The molecule has 3 aromatic carbocycles. The molecule has 34 heavy (non-hydrogen) atoms. The number of halogens is 1. The zero-order valence-electron chi connectivity index (χ0n) is 18.7. The molecule has 3 aromatic rings. The van der Waals surface area contributed by atoms with Gasteiger partial charge in [0.2, 0.25) is 0 Å². The van der Waals surface area contributed by atoms with Gasteiger partial charge in [0, 0.05) is 10.7 Å². The van der Waals surface area contributed by atoms with Gasteiger partial charge in [-0.05, 0) is 53.8 Å². The number of carbonyl (C=O) groups is 2. The molecule has 0 spiro atoms. The predicted octanol–water partition coefficient (Wildman–Crippen LogP) is 5.55. The van der Waals surface area contributed by atoms with E-state index in [1.54, 1.807) is 13.2 Å². The first-order valence-corrected chi connectivity index (χ1v) is 11.4. The summed E-state index contributed by atoms with van der Waals surface area (Å²) in [7, 11) is 1.59. The number of nitrogens with zero attached hydrogens (tertiary/aromatic N) is 1. The fourth-order valence-corrected chi connectivity index (χ4v) is 4.24. The monoisotopic (exact) mass is 476 g/mol. The van der Waals surface area contributed by atoms with Crippen molar-refractivity contribution in [2.75, 3.05) is 7.11 Å². The predicted molar refractivity (Wildman–Crippen MR) is 131 cm³/mol. The maximum absolute atomic E-state index is 13.4. The van der Waals surface area contributed by atoms with E-state index < -0.39 is 24.0 Å². The van der Waals surface area contributed by atoms with Crippen LogP contribution in [-0.2, 0) is 22.6 Å². The Hall–Kier alpha value is -3.64. The molecule has 2 amide bonds. The molecule has 4 rings (SSSR count). The van der Waals surface area contributed by atoms with E-state index >= 15 is 0 Å². The third kappa shape index (κ3) is 5.83. The lowest BCUT2D eigenvalue weighted by atomic mass is 9.85. The molecule has 0 fully saturated rings. The first kappa shape index (κ1) is 23.5. The summed E-state index contributed by atoms with van der Waals surface area (Å²) in [6, 6.07) is 23.2. The normalized spacial score (nSPS) is 17.5. The van der Waals surface area contributed by atoms with Crippen LogP contribution in [0.15, 0.2) is 83.9 Å². The van der Waals surface area contributed by atoms with Crippen molar-refractivity contribution in [3.05, 3.63) is 101 Å². The number of rotatable bonds is 8. The molecule has 1 aliphatic heterocycles. The molecule has 0 saturated heterocycles. The molecule has 2 unspecified atom stereocenters. The third-order valence-electron chi connectivity index (χ3n) is 5.70. The smallest absolute Gasteiger partial charge is 0.341 e. The van der Waals surface area contributed by atoms with Gasteiger partial charge in [-0.3, -0.25) is 4.79 Å². The van der Waals surface area contributed by atoms with Crippen LogP contribution in [0.25, 0.3) is 0 Å². The fraction of sp³-hybridized carbons (Fsp3) is 0.222. The quantitative estimate of drug-likeness (QED) is 0.432. The van der Waals surface area contributed by atoms with Crippen LogP contribution in [0.3, 0.4) is 0 Å². The highest BCUT2D eigenvalue weighted by molar-refractivity contribution is 6.30. The molecule has 7 heteroatoms. The van der Waals surface area contributed by atoms with Gasteiger partial charge in [-0.1, -0.05) is 66.2 Å². The fourth-order valence-electron chi connectivity index (χ4n) is 4.03.